The molecule has 15 heavy (non-hydrogen) atoms. The Morgan fingerprint density at radius 1 is 1.53 bits per heavy atom. The van der Waals surface area contributed by atoms with E-state index < -0.39 is 5.97 Å². The Morgan fingerprint density at radius 2 is 2.13 bits per heavy atom. The lowest BCUT2D eigenvalue weighted by molar-refractivity contribution is -0.137. The van der Waals surface area contributed by atoms with Crippen molar-refractivity contribution in [1.82, 2.24) is 10.2 Å². The molecule has 0 radical (unpaired) electrons. The highest BCUT2D eigenvalue weighted by Gasteiger charge is 2.33. The predicted octanol–water partition coefficient (Wildman–Crippen LogP) is 1.15. The number of carbonyl (C=O) groups excluding carboxylic acids is 1. The minimum Gasteiger partial charge on any atom is -0.480 e. The lowest BCUT2D eigenvalue weighted by atomic mass is 10.5. The highest BCUT2D eigenvalue weighted by atomic mass is 79.9. The number of hydrogen-bond acceptors (Lipinski definition) is 2. The number of carboxylic acid groups (broad SMARTS) is 1. The van der Waals surface area contributed by atoms with Gasteiger partial charge >= 0.3 is 12.0 Å². The summed E-state index contributed by atoms with van der Waals surface area (Å²) in [4.78, 5) is 23.4. The van der Waals surface area contributed by atoms with Crippen LogP contribution in [0.3, 0.4) is 0 Å². The molecule has 0 aliphatic heterocycles. The average molecular weight is 277 g/mol. The topological polar surface area (TPSA) is 69.6 Å². The number of rotatable bonds is 5. The molecule has 0 aromatic rings. The van der Waals surface area contributed by atoms with Gasteiger partial charge in [0.25, 0.3) is 0 Å². The van der Waals surface area contributed by atoms with Crippen LogP contribution in [0.5, 0.6) is 0 Å². The Labute approximate surface area is 96.3 Å². The van der Waals surface area contributed by atoms with Crippen molar-refractivity contribution in [3.63, 3.8) is 0 Å². The number of nitrogens with one attached hydrogen (secondary N) is 1. The minimum atomic E-state index is -0.991. The Balaban J connectivity index is 2.44. The zero-order valence-corrected chi connectivity index (χ0v) is 9.79. The number of nitrogens with zero attached hydrogens (tertiary/aromatic N) is 1. The Hall–Kier alpha value is -1.04. The largest absolute Gasteiger partial charge is 0.480 e. The van der Waals surface area contributed by atoms with E-state index in [1.54, 1.807) is 0 Å². The third-order valence-corrected chi connectivity index (χ3v) is 2.27. The molecule has 5 nitrogen and oxygen atoms in total. The Kier molecular flexibility index (Phi) is 4.14. The molecule has 0 unspecified atom stereocenters. The number of hydrogen-bond donors (Lipinski definition) is 2. The summed E-state index contributed by atoms with van der Waals surface area (Å²) in [6, 6.07) is -0.259. The molecule has 84 valence electrons. The fourth-order valence-electron chi connectivity index (χ4n) is 1.17. The summed E-state index contributed by atoms with van der Waals surface area (Å²) in [5, 5.41) is 11.2. The maximum Gasteiger partial charge on any atom is 0.323 e. The zero-order valence-electron chi connectivity index (χ0n) is 8.20. The van der Waals surface area contributed by atoms with Gasteiger partial charge in [-0.25, -0.2) is 4.79 Å². The molecule has 1 aliphatic rings. The predicted molar refractivity (Wildman–Crippen MR) is 58.8 cm³/mol. The molecular weight excluding hydrogens is 264 g/mol. The molecule has 1 fully saturated rings. The summed E-state index contributed by atoms with van der Waals surface area (Å²) >= 11 is 3.11. The van der Waals surface area contributed by atoms with Crippen LogP contribution in [0.4, 0.5) is 4.79 Å². The third kappa shape index (κ3) is 4.33. The zero-order chi connectivity index (χ0) is 11.4. The number of aliphatic carboxylic acids is 1. The van der Waals surface area contributed by atoms with Gasteiger partial charge in [0.05, 0.1) is 6.54 Å². The lowest BCUT2D eigenvalue weighted by Gasteiger charge is -2.20. The molecular formula is C9H13BrN2O3. The van der Waals surface area contributed by atoms with E-state index in [9.17, 15) is 9.59 Å². The second-order valence-corrected chi connectivity index (χ2v) is 4.55. The fraction of sp³-hybridized carbons (Fsp3) is 0.556. The van der Waals surface area contributed by atoms with E-state index in [0.717, 1.165) is 12.8 Å². The maximum atomic E-state index is 11.6. The molecule has 6 heteroatoms. The van der Waals surface area contributed by atoms with Crippen LogP contribution in [0, 0.1) is 0 Å². The van der Waals surface area contributed by atoms with E-state index in [-0.39, 0.29) is 18.6 Å². The molecule has 2 amide bonds. The van der Waals surface area contributed by atoms with Gasteiger partial charge in [-0.1, -0.05) is 22.5 Å². The highest BCUT2D eigenvalue weighted by Crippen LogP contribution is 2.26. The molecule has 1 rings (SSSR count). The summed E-state index contributed by atoms with van der Waals surface area (Å²) < 4.78 is 0.655. The number of carbonyl (C=O) groups is 2. The van der Waals surface area contributed by atoms with E-state index in [1.165, 1.54) is 4.90 Å². The quantitative estimate of drug-likeness (QED) is 0.792. The van der Waals surface area contributed by atoms with Gasteiger partial charge in [-0.3, -0.25) is 4.79 Å². The van der Waals surface area contributed by atoms with Crippen LogP contribution < -0.4 is 5.32 Å². The fourth-order valence-corrected chi connectivity index (χ4v) is 1.31. The molecule has 0 saturated heterocycles. The van der Waals surface area contributed by atoms with Crippen LogP contribution in [-0.2, 0) is 4.79 Å². The summed E-state index contributed by atoms with van der Waals surface area (Å²) in [5.74, 6) is -0.991. The van der Waals surface area contributed by atoms with Gasteiger partial charge in [-0.05, 0) is 12.8 Å². The first-order valence-corrected chi connectivity index (χ1v) is 5.39. The standard InChI is InChI=1S/C9H13BrN2O3/c1-6(10)4-11-9(15)12(5-8(13)14)7-2-3-7/h7H,1-5H2,(H,11,15)(H,13,14). The van der Waals surface area contributed by atoms with E-state index in [0.29, 0.717) is 11.0 Å². The smallest absolute Gasteiger partial charge is 0.323 e. The van der Waals surface area contributed by atoms with E-state index in [1.807, 2.05) is 0 Å². The number of carboxylic acids is 1. The van der Waals surface area contributed by atoms with Gasteiger partial charge < -0.3 is 15.3 Å². The highest BCUT2D eigenvalue weighted by molar-refractivity contribution is 9.11. The first kappa shape index (κ1) is 12.0. The summed E-state index contributed by atoms with van der Waals surface area (Å²) in [5.41, 5.74) is 0. The summed E-state index contributed by atoms with van der Waals surface area (Å²) in [6.45, 7) is 3.64. The van der Waals surface area contributed by atoms with Crippen LogP contribution in [0.15, 0.2) is 11.1 Å². The monoisotopic (exact) mass is 276 g/mol. The van der Waals surface area contributed by atoms with Gasteiger partial charge in [0.15, 0.2) is 0 Å². The molecule has 0 atom stereocenters. The van der Waals surface area contributed by atoms with Crippen molar-refractivity contribution in [2.75, 3.05) is 13.1 Å². The normalized spacial score (nSPS) is 14.5. The van der Waals surface area contributed by atoms with Crippen LogP contribution >= 0.6 is 15.9 Å². The summed E-state index contributed by atoms with van der Waals surface area (Å²) in [6.07, 6.45) is 1.77. The van der Waals surface area contributed by atoms with Crippen molar-refractivity contribution in [3.8, 4) is 0 Å². The second-order valence-electron chi connectivity index (χ2n) is 3.43. The van der Waals surface area contributed by atoms with Gasteiger partial charge in [0, 0.05) is 10.5 Å². The lowest BCUT2D eigenvalue weighted by Crippen LogP contribution is -2.44. The van der Waals surface area contributed by atoms with Crippen molar-refractivity contribution in [2.24, 2.45) is 0 Å². The molecule has 0 spiro atoms. The molecule has 1 saturated carbocycles. The van der Waals surface area contributed by atoms with Gasteiger partial charge in [0.1, 0.15) is 6.54 Å². The third-order valence-electron chi connectivity index (χ3n) is 1.99. The van der Waals surface area contributed by atoms with Gasteiger partial charge in [-0.2, -0.15) is 0 Å². The SMILES string of the molecule is C=C(Br)CNC(=O)N(CC(=O)O)C1CC1. The van der Waals surface area contributed by atoms with Crippen molar-refractivity contribution < 1.29 is 14.7 Å². The first-order valence-electron chi connectivity index (χ1n) is 4.60. The van der Waals surface area contributed by atoms with Crippen LogP contribution in [0.1, 0.15) is 12.8 Å². The number of halogens is 1. The van der Waals surface area contributed by atoms with Crippen molar-refractivity contribution in [3.05, 3.63) is 11.1 Å². The number of urea groups is 1. The Morgan fingerprint density at radius 3 is 2.53 bits per heavy atom. The molecule has 0 bridgehead atoms. The van der Waals surface area contributed by atoms with Gasteiger partial charge in [-0.15, -0.1) is 0 Å². The van der Waals surface area contributed by atoms with Crippen molar-refractivity contribution in [1.29, 1.82) is 0 Å². The van der Waals surface area contributed by atoms with Crippen LogP contribution in [0.25, 0.3) is 0 Å². The van der Waals surface area contributed by atoms with Crippen molar-refractivity contribution in [2.45, 2.75) is 18.9 Å². The van der Waals surface area contributed by atoms with Gasteiger partial charge in [0.2, 0.25) is 0 Å². The molecule has 0 aromatic carbocycles. The average Bonchev–Trinajstić information content (AvgIpc) is 2.93. The van der Waals surface area contributed by atoms with E-state index >= 15 is 0 Å². The number of amides is 2. The Bertz CT molecular complexity index is 289. The van der Waals surface area contributed by atoms with Crippen LogP contribution in [-0.4, -0.2) is 41.1 Å². The molecule has 2 N–H and O–H groups in total. The minimum absolute atomic E-state index is 0.0877. The van der Waals surface area contributed by atoms with E-state index in [4.69, 9.17) is 5.11 Å². The van der Waals surface area contributed by atoms with E-state index in [2.05, 4.69) is 27.8 Å². The molecule has 0 heterocycles. The first-order chi connectivity index (χ1) is 7.00. The maximum absolute atomic E-state index is 11.6. The second kappa shape index (κ2) is 5.16. The van der Waals surface area contributed by atoms with Crippen molar-refractivity contribution >= 4 is 27.9 Å². The summed E-state index contributed by atoms with van der Waals surface area (Å²) in [7, 11) is 0. The molecule has 1 aliphatic carbocycles. The molecule has 0 aromatic heterocycles. The van der Waals surface area contributed by atoms with Crippen LogP contribution in [0.2, 0.25) is 0 Å².